The maximum absolute atomic E-state index is 11.6. The van der Waals surface area contributed by atoms with Gasteiger partial charge in [-0.15, -0.1) is 6.58 Å². The van der Waals surface area contributed by atoms with Gasteiger partial charge in [0.05, 0.1) is 6.54 Å². The van der Waals surface area contributed by atoms with Crippen LogP contribution >= 0.6 is 11.6 Å². The van der Waals surface area contributed by atoms with Gasteiger partial charge in [0.2, 0.25) is 5.91 Å². The minimum Gasteiger partial charge on any atom is -0.372 e. The largest absolute Gasteiger partial charge is 0.372 e. The Kier molecular flexibility index (Phi) is 6.06. The molecule has 0 heterocycles. The summed E-state index contributed by atoms with van der Waals surface area (Å²) in [6, 6.07) is 7.46. The highest BCUT2D eigenvalue weighted by atomic mass is 35.5. The van der Waals surface area contributed by atoms with Crippen LogP contribution in [0.1, 0.15) is 25.3 Å². The molecule has 0 bridgehead atoms. The van der Waals surface area contributed by atoms with E-state index in [1.807, 2.05) is 31.2 Å². The molecule has 0 fully saturated rings. The molecule has 0 aliphatic rings. The highest BCUT2D eigenvalue weighted by Gasteiger charge is 2.26. The van der Waals surface area contributed by atoms with E-state index in [1.165, 1.54) is 0 Å². The first kappa shape index (κ1) is 15.7. The van der Waals surface area contributed by atoms with E-state index in [0.29, 0.717) is 24.4 Å². The first-order chi connectivity index (χ1) is 9.01. The van der Waals surface area contributed by atoms with Crippen molar-refractivity contribution < 1.29 is 9.53 Å². The third kappa shape index (κ3) is 4.69. The van der Waals surface area contributed by atoms with Crippen LogP contribution in [0.4, 0.5) is 0 Å². The Morgan fingerprint density at radius 3 is 2.89 bits per heavy atom. The average Bonchev–Trinajstić information content (AvgIpc) is 2.42. The Morgan fingerprint density at radius 2 is 2.32 bits per heavy atom. The number of hydrogen-bond donors (Lipinski definition) is 1. The number of benzene rings is 1. The molecule has 0 spiro atoms. The van der Waals surface area contributed by atoms with Crippen LogP contribution in [0.5, 0.6) is 0 Å². The van der Waals surface area contributed by atoms with Gasteiger partial charge in [0, 0.05) is 18.6 Å². The van der Waals surface area contributed by atoms with Gasteiger partial charge in [-0.1, -0.05) is 29.8 Å². The fourth-order valence-corrected chi connectivity index (χ4v) is 1.89. The number of nitrogens with one attached hydrogen (secondary N) is 1. The highest BCUT2D eigenvalue weighted by Crippen LogP contribution is 2.26. The molecule has 0 aliphatic heterocycles. The maximum atomic E-state index is 11.6. The Hall–Kier alpha value is -1.32. The monoisotopic (exact) mass is 281 g/mol. The normalized spacial score (nSPS) is 13.6. The summed E-state index contributed by atoms with van der Waals surface area (Å²) in [6.45, 7) is 5.92. The van der Waals surface area contributed by atoms with Gasteiger partial charge in [-0.3, -0.25) is 4.79 Å². The van der Waals surface area contributed by atoms with E-state index in [-0.39, 0.29) is 5.91 Å². The number of carbonyl (C=O) groups is 1. The van der Waals surface area contributed by atoms with Crippen LogP contribution in [0.3, 0.4) is 0 Å². The van der Waals surface area contributed by atoms with E-state index < -0.39 is 5.60 Å². The molecule has 0 saturated carbocycles. The van der Waals surface area contributed by atoms with Crippen LogP contribution in [-0.4, -0.2) is 19.6 Å². The van der Waals surface area contributed by atoms with Crippen LogP contribution in [0.15, 0.2) is 36.9 Å². The molecule has 1 N–H and O–H groups in total. The third-order valence-electron chi connectivity index (χ3n) is 3.08. The van der Waals surface area contributed by atoms with Crippen molar-refractivity contribution in [2.45, 2.75) is 25.4 Å². The summed E-state index contributed by atoms with van der Waals surface area (Å²) in [4.78, 5) is 11.6. The van der Waals surface area contributed by atoms with Gasteiger partial charge in [0.25, 0.3) is 0 Å². The second-order valence-electron chi connectivity index (χ2n) is 4.55. The van der Waals surface area contributed by atoms with Crippen molar-refractivity contribution in [3.8, 4) is 0 Å². The first-order valence-corrected chi connectivity index (χ1v) is 6.58. The minimum atomic E-state index is -0.589. The number of hydrogen-bond acceptors (Lipinski definition) is 2. The molecular formula is C15H20ClNO2. The van der Waals surface area contributed by atoms with Crippen molar-refractivity contribution in [2.75, 3.05) is 13.7 Å². The Balaban J connectivity index is 2.70. The van der Waals surface area contributed by atoms with E-state index in [0.717, 1.165) is 5.56 Å². The van der Waals surface area contributed by atoms with Gasteiger partial charge in [0.1, 0.15) is 5.60 Å². The van der Waals surface area contributed by atoms with Crippen molar-refractivity contribution in [1.29, 1.82) is 0 Å². The molecule has 19 heavy (non-hydrogen) atoms. The average molecular weight is 282 g/mol. The van der Waals surface area contributed by atoms with Crippen LogP contribution in [0, 0.1) is 0 Å². The fraction of sp³-hybridized carbons (Fsp3) is 0.400. The number of allylic oxidation sites excluding steroid dienone is 1. The molecule has 0 saturated heterocycles. The van der Waals surface area contributed by atoms with Crippen molar-refractivity contribution in [3.05, 3.63) is 47.5 Å². The molecule has 1 rings (SSSR count). The quantitative estimate of drug-likeness (QED) is 0.779. The summed E-state index contributed by atoms with van der Waals surface area (Å²) in [6.07, 6.45) is 2.84. The fourth-order valence-electron chi connectivity index (χ4n) is 1.70. The molecule has 0 unspecified atom stereocenters. The lowest BCUT2D eigenvalue weighted by atomic mass is 9.95. The second kappa shape index (κ2) is 7.31. The SMILES string of the molecule is C=CCCC(=O)NC[C@@](C)(OC)c1cccc(Cl)c1. The van der Waals surface area contributed by atoms with Gasteiger partial charge >= 0.3 is 0 Å². The molecule has 3 nitrogen and oxygen atoms in total. The number of halogens is 1. The summed E-state index contributed by atoms with van der Waals surface area (Å²) in [5, 5.41) is 3.52. The highest BCUT2D eigenvalue weighted by molar-refractivity contribution is 6.30. The predicted molar refractivity (Wildman–Crippen MR) is 78.3 cm³/mol. The number of rotatable bonds is 7. The molecule has 4 heteroatoms. The summed E-state index contributed by atoms with van der Waals surface area (Å²) < 4.78 is 5.54. The molecular weight excluding hydrogens is 262 g/mol. The predicted octanol–water partition coefficient (Wildman–Crippen LogP) is 3.28. The lowest BCUT2D eigenvalue weighted by Crippen LogP contribution is -2.40. The number of carbonyl (C=O) groups excluding carboxylic acids is 1. The van der Waals surface area contributed by atoms with E-state index >= 15 is 0 Å². The van der Waals surface area contributed by atoms with Crippen molar-refractivity contribution in [2.24, 2.45) is 0 Å². The molecule has 1 aromatic rings. The van der Waals surface area contributed by atoms with Crippen molar-refractivity contribution in [3.63, 3.8) is 0 Å². The number of methoxy groups -OCH3 is 1. The summed E-state index contributed by atoms with van der Waals surface area (Å²) in [5.41, 5.74) is 0.348. The summed E-state index contributed by atoms with van der Waals surface area (Å²) in [5.74, 6) is -0.00907. The minimum absolute atomic E-state index is 0.00907. The van der Waals surface area contributed by atoms with Gasteiger partial charge in [-0.05, 0) is 31.0 Å². The van der Waals surface area contributed by atoms with Crippen LogP contribution in [0.2, 0.25) is 5.02 Å². The molecule has 0 aromatic heterocycles. The molecule has 0 aliphatic carbocycles. The van der Waals surface area contributed by atoms with Crippen LogP contribution in [0.25, 0.3) is 0 Å². The van der Waals surface area contributed by atoms with Gasteiger partial charge in [0.15, 0.2) is 0 Å². The smallest absolute Gasteiger partial charge is 0.220 e. The Labute approximate surface area is 119 Å². The maximum Gasteiger partial charge on any atom is 0.220 e. The van der Waals surface area contributed by atoms with E-state index in [1.54, 1.807) is 13.2 Å². The van der Waals surface area contributed by atoms with E-state index in [9.17, 15) is 4.79 Å². The van der Waals surface area contributed by atoms with Crippen molar-refractivity contribution in [1.82, 2.24) is 5.32 Å². The topological polar surface area (TPSA) is 38.3 Å². The summed E-state index contributed by atoms with van der Waals surface area (Å²) >= 11 is 5.99. The first-order valence-electron chi connectivity index (χ1n) is 6.20. The van der Waals surface area contributed by atoms with Crippen LogP contribution in [-0.2, 0) is 15.1 Å². The number of amides is 1. The molecule has 1 aromatic carbocycles. The molecule has 1 atom stereocenters. The lowest BCUT2D eigenvalue weighted by Gasteiger charge is -2.29. The molecule has 0 radical (unpaired) electrons. The standard InChI is InChI=1S/C15H20ClNO2/c1-4-5-9-14(18)17-11-15(2,19-3)12-7-6-8-13(16)10-12/h4,6-8,10H,1,5,9,11H2,2-3H3,(H,17,18)/t15-/m1/s1. The molecule has 104 valence electrons. The van der Waals surface area contributed by atoms with Crippen LogP contribution < -0.4 is 5.32 Å². The number of ether oxygens (including phenoxy) is 1. The lowest BCUT2D eigenvalue weighted by molar-refractivity contribution is -0.122. The Morgan fingerprint density at radius 1 is 1.58 bits per heavy atom. The van der Waals surface area contributed by atoms with E-state index in [4.69, 9.17) is 16.3 Å². The zero-order chi connectivity index (χ0) is 14.3. The second-order valence-corrected chi connectivity index (χ2v) is 4.99. The van der Waals surface area contributed by atoms with Gasteiger partial charge in [-0.25, -0.2) is 0 Å². The zero-order valence-electron chi connectivity index (χ0n) is 11.4. The zero-order valence-corrected chi connectivity index (χ0v) is 12.2. The van der Waals surface area contributed by atoms with E-state index in [2.05, 4.69) is 11.9 Å². The van der Waals surface area contributed by atoms with Gasteiger partial charge in [-0.2, -0.15) is 0 Å². The summed E-state index contributed by atoms with van der Waals surface area (Å²) in [7, 11) is 1.62. The third-order valence-corrected chi connectivity index (χ3v) is 3.32. The van der Waals surface area contributed by atoms with Crippen molar-refractivity contribution >= 4 is 17.5 Å². The van der Waals surface area contributed by atoms with Gasteiger partial charge < -0.3 is 10.1 Å². The Bertz CT molecular complexity index is 448. The molecule has 1 amide bonds.